The minimum Gasteiger partial charge on any atom is -0.550 e. The minimum absolute atomic E-state index is 0. The number of ether oxygens (including phenoxy) is 1. The van der Waals surface area contributed by atoms with Crippen LogP contribution in [0.5, 0.6) is 5.75 Å². The summed E-state index contributed by atoms with van der Waals surface area (Å²) in [5, 5.41) is 38.3. The van der Waals surface area contributed by atoms with Gasteiger partial charge < -0.3 is 30.2 Å². The first-order valence-corrected chi connectivity index (χ1v) is 12.1. The van der Waals surface area contributed by atoms with E-state index in [9.17, 15) is 29.3 Å². The third-order valence-corrected chi connectivity index (χ3v) is 5.83. The average Bonchev–Trinajstić information content (AvgIpc) is 3.26. The number of aromatic nitrogens is 2. The van der Waals surface area contributed by atoms with E-state index in [1.807, 2.05) is 26.0 Å². The van der Waals surface area contributed by atoms with E-state index in [0.717, 1.165) is 5.56 Å². The monoisotopic (exact) mass is 547 g/mol. The Hall–Kier alpha value is -3.02. The fraction of sp³-hybridized carbons (Fsp3) is 0.321. The number of carbonyl (C=O) groups is 2. The van der Waals surface area contributed by atoms with Crippen molar-refractivity contribution in [2.24, 2.45) is 0 Å². The number of benzene rings is 2. The molecule has 2 aromatic carbocycles. The fourth-order valence-electron chi connectivity index (χ4n) is 3.96. The summed E-state index contributed by atoms with van der Waals surface area (Å²) in [6, 6.07) is 12.8. The maximum atomic E-state index is 13.6. The summed E-state index contributed by atoms with van der Waals surface area (Å²) in [4.78, 5) is 24.0. The number of methoxy groups -OCH3 is 1. The maximum Gasteiger partial charge on any atom is 1.00 e. The summed E-state index contributed by atoms with van der Waals surface area (Å²) in [6.45, 7) is 4.04. The van der Waals surface area contributed by atoms with Crippen molar-refractivity contribution < 1.29 is 63.6 Å². The molecule has 0 aliphatic carbocycles. The van der Waals surface area contributed by atoms with Crippen LogP contribution >= 0.6 is 0 Å². The molecule has 0 spiro atoms. The number of carboxylic acid groups (broad SMARTS) is 1. The number of nitrogens with one attached hydrogen (secondary N) is 1. The third kappa shape index (κ3) is 9.01. The molecule has 2 atom stereocenters. The van der Waals surface area contributed by atoms with Crippen molar-refractivity contribution in [3.63, 3.8) is 0 Å². The van der Waals surface area contributed by atoms with Crippen LogP contribution in [0, 0.1) is 5.82 Å². The van der Waals surface area contributed by atoms with Gasteiger partial charge in [-0.3, -0.25) is 4.79 Å². The molecule has 0 aliphatic heterocycles. The Labute approximate surface area is 248 Å². The van der Waals surface area contributed by atoms with Gasteiger partial charge in [0.05, 0.1) is 30.7 Å². The predicted molar refractivity (Wildman–Crippen MR) is 137 cm³/mol. The number of rotatable bonds is 12. The molecule has 3 rings (SSSR count). The van der Waals surface area contributed by atoms with Crippen molar-refractivity contribution in [1.29, 1.82) is 0 Å². The number of hydrogen-bond acceptors (Lipinski definition) is 7. The zero-order valence-corrected chi connectivity index (χ0v) is 24.4. The van der Waals surface area contributed by atoms with Crippen LogP contribution in [0.1, 0.15) is 59.9 Å². The molecule has 3 aromatic rings. The van der Waals surface area contributed by atoms with Gasteiger partial charge in [-0.1, -0.05) is 32.1 Å². The van der Waals surface area contributed by atoms with Gasteiger partial charge in [0.25, 0.3) is 5.91 Å². The molecule has 202 valence electrons. The Morgan fingerprint density at radius 3 is 2.33 bits per heavy atom. The molecule has 39 heavy (non-hydrogen) atoms. The van der Waals surface area contributed by atoms with Gasteiger partial charge in [-0.05, 0) is 54.0 Å². The Morgan fingerprint density at radius 2 is 1.77 bits per heavy atom. The molecule has 0 saturated heterocycles. The number of carboxylic acids is 1. The standard InChI is InChI=1S/C28H32FN3O6.Na/c1-17(2)26-24(13-10-21(33)14-22(34)15-25(35)36)32(20-8-6-19(29)7-9-20)31-27(26)28(37)30-16-18-4-11-23(38-3)12-5-18;/h4-13,17,21-22,33-34H,14-16H2,1-3H3,(H,30,37)(H,35,36);/q;+1/p-1/t21-,22+;/m0./s1. The number of aliphatic carboxylic acids is 1. The maximum absolute atomic E-state index is 13.6. The predicted octanol–water partition coefficient (Wildman–Crippen LogP) is -0.657. The van der Waals surface area contributed by atoms with Crippen LogP contribution in [0.15, 0.2) is 54.6 Å². The molecule has 0 unspecified atom stereocenters. The molecular formula is C28H31FN3NaO6. The Bertz CT molecular complexity index is 1280. The third-order valence-electron chi connectivity index (χ3n) is 5.83. The van der Waals surface area contributed by atoms with Crippen LogP contribution in [-0.4, -0.2) is 51.2 Å². The summed E-state index contributed by atoms with van der Waals surface area (Å²) in [7, 11) is 1.57. The first-order valence-electron chi connectivity index (χ1n) is 12.1. The Kier molecular flexibility index (Phi) is 12.3. The van der Waals surface area contributed by atoms with Crippen molar-refractivity contribution in [1.82, 2.24) is 15.1 Å². The second-order valence-corrected chi connectivity index (χ2v) is 9.11. The van der Waals surface area contributed by atoms with Crippen molar-refractivity contribution in [2.45, 2.75) is 51.4 Å². The summed E-state index contributed by atoms with van der Waals surface area (Å²) < 4.78 is 20.2. The number of aliphatic hydroxyl groups excluding tert-OH is 2. The van der Waals surface area contributed by atoms with Gasteiger partial charge in [-0.2, -0.15) is 5.10 Å². The van der Waals surface area contributed by atoms with Crippen LogP contribution in [0.3, 0.4) is 0 Å². The molecule has 0 bridgehead atoms. The summed E-state index contributed by atoms with van der Waals surface area (Å²) in [5.41, 5.74) is 2.61. The fourth-order valence-corrected chi connectivity index (χ4v) is 3.96. The minimum atomic E-state index is -1.42. The smallest absolute Gasteiger partial charge is 0.550 e. The van der Waals surface area contributed by atoms with Crippen LogP contribution < -0.4 is 44.7 Å². The molecule has 1 heterocycles. The van der Waals surface area contributed by atoms with Gasteiger partial charge in [0.2, 0.25) is 0 Å². The first kappa shape index (κ1) is 32.2. The number of hydrogen-bond donors (Lipinski definition) is 3. The second-order valence-electron chi connectivity index (χ2n) is 9.11. The molecule has 9 nitrogen and oxygen atoms in total. The molecule has 1 amide bonds. The van der Waals surface area contributed by atoms with Crippen molar-refractivity contribution >= 4 is 18.0 Å². The summed E-state index contributed by atoms with van der Waals surface area (Å²) >= 11 is 0. The van der Waals surface area contributed by atoms with Crippen LogP contribution in [0.2, 0.25) is 0 Å². The number of amides is 1. The van der Waals surface area contributed by atoms with Gasteiger partial charge in [-0.15, -0.1) is 0 Å². The van der Waals surface area contributed by atoms with E-state index in [-0.39, 0.29) is 54.1 Å². The van der Waals surface area contributed by atoms with E-state index < -0.39 is 36.3 Å². The van der Waals surface area contributed by atoms with Gasteiger partial charge in [0, 0.05) is 30.9 Å². The zero-order chi connectivity index (χ0) is 27.8. The van der Waals surface area contributed by atoms with Crippen LogP contribution in [0.25, 0.3) is 11.8 Å². The number of halogens is 1. The number of aliphatic hydroxyl groups is 2. The Morgan fingerprint density at radius 1 is 1.13 bits per heavy atom. The molecule has 0 aliphatic rings. The van der Waals surface area contributed by atoms with Crippen LogP contribution in [-0.2, 0) is 11.3 Å². The second kappa shape index (κ2) is 14.9. The quantitative estimate of drug-likeness (QED) is 0.256. The molecular weight excluding hydrogens is 516 g/mol. The van der Waals surface area contributed by atoms with Gasteiger partial charge in [0.15, 0.2) is 5.69 Å². The van der Waals surface area contributed by atoms with E-state index >= 15 is 0 Å². The summed E-state index contributed by atoms with van der Waals surface area (Å²) in [5.74, 6) is -1.73. The van der Waals surface area contributed by atoms with Crippen LogP contribution in [0.4, 0.5) is 4.39 Å². The summed E-state index contributed by atoms with van der Waals surface area (Å²) in [6.07, 6.45) is -0.336. The van der Waals surface area contributed by atoms with E-state index in [0.29, 0.717) is 22.7 Å². The van der Waals surface area contributed by atoms with E-state index in [4.69, 9.17) is 4.74 Å². The van der Waals surface area contributed by atoms with Gasteiger partial charge >= 0.3 is 29.6 Å². The SMILES string of the molecule is COc1ccc(CNC(=O)c2nn(-c3ccc(F)cc3)c(C=C[C@H](O)C[C@@H](O)CC(=O)[O-])c2C(C)C)cc1.[Na+]. The number of nitrogens with zero attached hydrogens (tertiary/aromatic N) is 2. The molecule has 0 radical (unpaired) electrons. The Balaban J connectivity index is 0.00000533. The first-order chi connectivity index (χ1) is 18.1. The molecule has 1 aromatic heterocycles. The largest absolute Gasteiger partial charge is 1.00 e. The van der Waals surface area contributed by atoms with E-state index in [1.165, 1.54) is 35.0 Å². The van der Waals surface area contributed by atoms with Crippen molar-refractivity contribution in [2.75, 3.05) is 7.11 Å². The zero-order valence-electron chi connectivity index (χ0n) is 22.4. The number of carbonyl (C=O) groups excluding carboxylic acids is 2. The van der Waals surface area contributed by atoms with Crippen molar-refractivity contribution in [3.8, 4) is 11.4 Å². The normalized spacial score (nSPS) is 12.7. The van der Waals surface area contributed by atoms with E-state index in [1.54, 1.807) is 25.3 Å². The molecule has 3 N–H and O–H groups in total. The van der Waals surface area contributed by atoms with Gasteiger partial charge in [-0.25, -0.2) is 9.07 Å². The molecule has 0 saturated carbocycles. The van der Waals surface area contributed by atoms with Gasteiger partial charge in [0.1, 0.15) is 11.6 Å². The topological polar surface area (TPSA) is 137 Å². The van der Waals surface area contributed by atoms with E-state index in [2.05, 4.69) is 10.4 Å². The molecule has 11 heteroatoms. The van der Waals surface area contributed by atoms with Crippen molar-refractivity contribution in [3.05, 3.63) is 82.9 Å². The molecule has 0 fully saturated rings. The average molecular weight is 548 g/mol.